The van der Waals surface area contributed by atoms with Gasteiger partial charge in [-0.1, -0.05) is 17.7 Å². The minimum Gasteiger partial charge on any atom is -0.493 e. The molecule has 0 saturated carbocycles. The second-order valence-electron chi connectivity index (χ2n) is 6.84. The number of benzene rings is 2. The van der Waals surface area contributed by atoms with Gasteiger partial charge in [-0.15, -0.1) is 0 Å². The molecule has 1 atom stereocenters. The van der Waals surface area contributed by atoms with Gasteiger partial charge in [0, 0.05) is 35.3 Å². The van der Waals surface area contributed by atoms with Crippen LogP contribution in [0, 0.1) is 6.92 Å². The molecule has 1 fully saturated rings. The number of aromatic nitrogens is 2. The predicted octanol–water partition coefficient (Wildman–Crippen LogP) is 3.71. The Kier molecular flexibility index (Phi) is 5.99. The van der Waals surface area contributed by atoms with Gasteiger partial charge in [0.2, 0.25) is 0 Å². The molecule has 1 aromatic heterocycles. The van der Waals surface area contributed by atoms with Gasteiger partial charge in [0.25, 0.3) is 0 Å². The molecular formula is C21H23ClN4O3. The van der Waals surface area contributed by atoms with E-state index in [-0.39, 0.29) is 6.10 Å². The van der Waals surface area contributed by atoms with Crippen molar-refractivity contribution in [1.82, 2.24) is 15.3 Å². The van der Waals surface area contributed by atoms with Crippen LogP contribution in [0.2, 0.25) is 5.02 Å². The Hall–Kier alpha value is -2.61. The van der Waals surface area contributed by atoms with E-state index in [1.165, 1.54) is 6.33 Å². The Labute approximate surface area is 174 Å². The highest BCUT2D eigenvalue weighted by Gasteiger charge is 2.17. The molecule has 2 N–H and O–H groups in total. The van der Waals surface area contributed by atoms with Crippen molar-refractivity contribution in [2.24, 2.45) is 0 Å². The quantitative estimate of drug-likeness (QED) is 0.636. The number of rotatable bonds is 6. The van der Waals surface area contributed by atoms with Crippen molar-refractivity contribution >= 4 is 34.0 Å². The monoisotopic (exact) mass is 414 g/mol. The number of ether oxygens (including phenoxy) is 3. The standard InChI is InChI=1S/C21H23ClN4O3/c1-13-3-4-14(7-17(13)22)26-21-16-8-19(27-2)20(9-18(16)24-12-25-21)29-11-15-10-23-5-6-28-15/h3-4,7-9,12,15,23H,5-6,10-11H2,1-2H3,(H,24,25,26). The van der Waals surface area contributed by atoms with E-state index in [0.717, 1.165) is 35.2 Å². The van der Waals surface area contributed by atoms with Gasteiger partial charge in [0.15, 0.2) is 11.5 Å². The van der Waals surface area contributed by atoms with Crippen LogP contribution in [0.3, 0.4) is 0 Å². The van der Waals surface area contributed by atoms with Gasteiger partial charge in [-0.3, -0.25) is 0 Å². The third-order valence-electron chi connectivity index (χ3n) is 4.78. The fourth-order valence-electron chi connectivity index (χ4n) is 3.15. The lowest BCUT2D eigenvalue weighted by atomic mass is 10.2. The number of hydrogen-bond donors (Lipinski definition) is 2. The zero-order valence-corrected chi connectivity index (χ0v) is 17.1. The van der Waals surface area contributed by atoms with Crippen LogP contribution < -0.4 is 20.1 Å². The van der Waals surface area contributed by atoms with Gasteiger partial charge in [0.1, 0.15) is 24.9 Å². The molecule has 152 valence electrons. The molecule has 1 saturated heterocycles. The maximum atomic E-state index is 6.24. The summed E-state index contributed by atoms with van der Waals surface area (Å²) < 4.78 is 17.2. The van der Waals surface area contributed by atoms with Gasteiger partial charge in [-0.25, -0.2) is 9.97 Å². The maximum absolute atomic E-state index is 6.24. The van der Waals surface area contributed by atoms with E-state index < -0.39 is 0 Å². The van der Waals surface area contributed by atoms with Crippen molar-refractivity contribution in [2.45, 2.75) is 13.0 Å². The van der Waals surface area contributed by atoms with Crippen LogP contribution in [0.4, 0.5) is 11.5 Å². The number of aryl methyl sites for hydroxylation is 1. The summed E-state index contributed by atoms with van der Waals surface area (Å²) in [6.45, 7) is 4.73. The molecular weight excluding hydrogens is 392 g/mol. The smallest absolute Gasteiger partial charge is 0.163 e. The second-order valence-corrected chi connectivity index (χ2v) is 7.25. The SMILES string of the molecule is COc1cc2c(Nc3ccc(C)c(Cl)c3)ncnc2cc1OCC1CNCCO1. The Balaban J connectivity index is 1.61. The van der Waals surface area contributed by atoms with E-state index in [4.69, 9.17) is 25.8 Å². The van der Waals surface area contributed by atoms with E-state index in [2.05, 4.69) is 20.6 Å². The summed E-state index contributed by atoms with van der Waals surface area (Å²) in [5.74, 6) is 1.90. The summed E-state index contributed by atoms with van der Waals surface area (Å²) in [6, 6.07) is 9.53. The largest absolute Gasteiger partial charge is 0.493 e. The first-order valence-electron chi connectivity index (χ1n) is 9.45. The van der Waals surface area contributed by atoms with Crippen LogP contribution in [0.15, 0.2) is 36.7 Å². The third-order valence-corrected chi connectivity index (χ3v) is 5.19. The Morgan fingerprint density at radius 3 is 2.90 bits per heavy atom. The van der Waals surface area contributed by atoms with E-state index in [9.17, 15) is 0 Å². The molecule has 0 spiro atoms. The zero-order valence-electron chi connectivity index (χ0n) is 16.4. The molecule has 4 rings (SSSR count). The molecule has 0 radical (unpaired) electrons. The van der Waals surface area contributed by atoms with Gasteiger partial charge >= 0.3 is 0 Å². The van der Waals surface area contributed by atoms with Gasteiger partial charge < -0.3 is 24.8 Å². The van der Waals surface area contributed by atoms with Crippen molar-refractivity contribution in [3.8, 4) is 11.5 Å². The third kappa shape index (κ3) is 4.53. The average Bonchev–Trinajstić information content (AvgIpc) is 2.75. The van der Waals surface area contributed by atoms with Crippen LogP contribution in [0.25, 0.3) is 10.9 Å². The number of methoxy groups -OCH3 is 1. The highest BCUT2D eigenvalue weighted by atomic mass is 35.5. The molecule has 3 aromatic rings. The number of hydrogen-bond acceptors (Lipinski definition) is 7. The van der Waals surface area contributed by atoms with E-state index in [1.807, 2.05) is 37.3 Å². The van der Waals surface area contributed by atoms with Crippen LogP contribution in [-0.4, -0.2) is 49.5 Å². The van der Waals surface area contributed by atoms with E-state index in [1.54, 1.807) is 7.11 Å². The van der Waals surface area contributed by atoms with Crippen molar-refractivity contribution < 1.29 is 14.2 Å². The second kappa shape index (κ2) is 8.82. The summed E-state index contributed by atoms with van der Waals surface area (Å²) in [5.41, 5.74) is 2.62. The summed E-state index contributed by atoms with van der Waals surface area (Å²) in [4.78, 5) is 8.78. The highest BCUT2D eigenvalue weighted by Crippen LogP contribution is 2.35. The number of nitrogens with zero attached hydrogens (tertiary/aromatic N) is 2. The topological polar surface area (TPSA) is 77.5 Å². The predicted molar refractivity (Wildman–Crippen MR) is 114 cm³/mol. The lowest BCUT2D eigenvalue weighted by molar-refractivity contribution is -0.000235. The Morgan fingerprint density at radius 1 is 1.24 bits per heavy atom. The summed E-state index contributed by atoms with van der Waals surface area (Å²) in [6.07, 6.45) is 1.53. The summed E-state index contributed by atoms with van der Waals surface area (Å²) in [7, 11) is 1.61. The van der Waals surface area contributed by atoms with Crippen LogP contribution >= 0.6 is 11.6 Å². The van der Waals surface area contributed by atoms with Crippen LogP contribution in [0.1, 0.15) is 5.56 Å². The molecule has 0 aliphatic carbocycles. The lowest BCUT2D eigenvalue weighted by Gasteiger charge is -2.24. The molecule has 2 heterocycles. The van der Waals surface area contributed by atoms with Gasteiger partial charge in [0.05, 0.1) is 19.2 Å². The first-order valence-corrected chi connectivity index (χ1v) is 9.83. The fraction of sp³-hybridized carbons (Fsp3) is 0.333. The number of nitrogens with one attached hydrogen (secondary N) is 2. The molecule has 0 bridgehead atoms. The van der Waals surface area contributed by atoms with Gasteiger partial charge in [-0.2, -0.15) is 0 Å². The number of fused-ring (bicyclic) bond motifs is 1. The fourth-order valence-corrected chi connectivity index (χ4v) is 3.33. The molecule has 29 heavy (non-hydrogen) atoms. The van der Waals surface area contributed by atoms with Crippen molar-refractivity contribution in [3.63, 3.8) is 0 Å². The first-order chi connectivity index (χ1) is 14.1. The normalized spacial score (nSPS) is 16.6. The first kappa shape index (κ1) is 19.7. The van der Waals surface area contributed by atoms with E-state index in [0.29, 0.717) is 35.6 Å². The molecule has 1 aliphatic heterocycles. The molecule has 1 aliphatic rings. The summed E-state index contributed by atoms with van der Waals surface area (Å²) >= 11 is 6.24. The highest BCUT2D eigenvalue weighted by molar-refractivity contribution is 6.31. The minimum atomic E-state index is 0.0121. The molecule has 1 unspecified atom stereocenters. The van der Waals surface area contributed by atoms with Crippen molar-refractivity contribution in [3.05, 3.63) is 47.2 Å². The lowest BCUT2D eigenvalue weighted by Crippen LogP contribution is -2.41. The molecule has 0 amide bonds. The minimum absolute atomic E-state index is 0.0121. The van der Waals surface area contributed by atoms with E-state index >= 15 is 0 Å². The maximum Gasteiger partial charge on any atom is 0.163 e. The number of anilines is 2. The number of halogens is 1. The van der Waals surface area contributed by atoms with Crippen LogP contribution in [0.5, 0.6) is 11.5 Å². The van der Waals surface area contributed by atoms with Gasteiger partial charge in [-0.05, 0) is 30.7 Å². The van der Waals surface area contributed by atoms with Crippen molar-refractivity contribution in [1.29, 1.82) is 0 Å². The molecule has 7 nitrogen and oxygen atoms in total. The number of morpholine rings is 1. The average molecular weight is 415 g/mol. The molecule has 2 aromatic carbocycles. The Morgan fingerprint density at radius 2 is 2.14 bits per heavy atom. The Bertz CT molecular complexity index is 1010. The van der Waals surface area contributed by atoms with Crippen molar-refractivity contribution in [2.75, 3.05) is 38.7 Å². The zero-order chi connectivity index (χ0) is 20.2. The molecule has 8 heteroatoms. The van der Waals surface area contributed by atoms with Crippen LogP contribution in [-0.2, 0) is 4.74 Å². The summed E-state index contributed by atoms with van der Waals surface area (Å²) in [5, 5.41) is 8.12.